The predicted molar refractivity (Wildman–Crippen MR) is 139 cm³/mol. The van der Waals surface area contributed by atoms with E-state index in [4.69, 9.17) is 0 Å². The zero-order chi connectivity index (χ0) is 21.6. The van der Waals surface area contributed by atoms with Crippen molar-refractivity contribution in [2.75, 3.05) is 19.3 Å². The monoisotopic (exact) mass is 573 g/mol. The Kier molecular flexibility index (Phi) is 9.73. The lowest BCUT2D eigenvalue weighted by Crippen LogP contribution is -2.46. The van der Waals surface area contributed by atoms with Gasteiger partial charge in [-0.3, -0.25) is 4.99 Å². The SMILES string of the molecule is CCC(CS(=O)(=O)c1ccccc1)NC(=NC)NCC(O)c1cc2ccccc2s1.I. The Morgan fingerprint density at radius 2 is 1.81 bits per heavy atom. The summed E-state index contributed by atoms with van der Waals surface area (Å²) >= 11 is 1.56. The summed E-state index contributed by atoms with van der Waals surface area (Å²) in [5.74, 6) is 0.429. The first-order chi connectivity index (χ1) is 14.4. The van der Waals surface area contributed by atoms with E-state index in [1.807, 2.05) is 37.3 Å². The minimum atomic E-state index is -3.41. The van der Waals surface area contributed by atoms with Gasteiger partial charge in [0.2, 0.25) is 0 Å². The number of nitrogens with zero attached hydrogens (tertiary/aromatic N) is 1. The predicted octanol–water partition coefficient (Wildman–Crippen LogP) is 3.97. The number of aliphatic hydroxyl groups excluding tert-OH is 1. The minimum Gasteiger partial charge on any atom is -0.386 e. The van der Waals surface area contributed by atoms with Gasteiger partial charge < -0.3 is 15.7 Å². The van der Waals surface area contributed by atoms with Crippen LogP contribution in [0.1, 0.15) is 24.3 Å². The Bertz CT molecular complexity index is 1070. The lowest BCUT2D eigenvalue weighted by atomic mass is 10.2. The molecule has 168 valence electrons. The second kappa shape index (κ2) is 11.8. The highest BCUT2D eigenvalue weighted by Crippen LogP contribution is 2.29. The molecule has 3 N–H and O–H groups in total. The van der Waals surface area contributed by atoms with Gasteiger partial charge in [-0.05, 0) is 36.1 Å². The van der Waals surface area contributed by atoms with Gasteiger partial charge in [0.1, 0.15) is 6.10 Å². The van der Waals surface area contributed by atoms with Crippen LogP contribution in [0.5, 0.6) is 0 Å². The van der Waals surface area contributed by atoms with Gasteiger partial charge in [-0.1, -0.05) is 43.3 Å². The molecule has 31 heavy (non-hydrogen) atoms. The van der Waals surface area contributed by atoms with Crippen LogP contribution in [0.4, 0.5) is 0 Å². The van der Waals surface area contributed by atoms with Crippen LogP contribution in [-0.4, -0.2) is 44.9 Å². The molecule has 0 fully saturated rings. The molecule has 0 amide bonds. The summed E-state index contributed by atoms with van der Waals surface area (Å²) in [5.41, 5.74) is 0. The third kappa shape index (κ3) is 6.90. The summed E-state index contributed by atoms with van der Waals surface area (Å²) in [6.45, 7) is 2.20. The largest absolute Gasteiger partial charge is 0.386 e. The van der Waals surface area contributed by atoms with Crippen LogP contribution in [-0.2, 0) is 9.84 Å². The van der Waals surface area contributed by atoms with Crippen molar-refractivity contribution in [1.82, 2.24) is 10.6 Å². The molecule has 0 bridgehead atoms. The van der Waals surface area contributed by atoms with E-state index in [9.17, 15) is 13.5 Å². The molecular weight excluding hydrogens is 545 g/mol. The van der Waals surface area contributed by atoms with Crippen molar-refractivity contribution in [3.63, 3.8) is 0 Å². The summed E-state index contributed by atoms with van der Waals surface area (Å²) in [6.07, 6.45) is -0.0693. The number of nitrogens with one attached hydrogen (secondary N) is 2. The smallest absolute Gasteiger partial charge is 0.191 e. The summed E-state index contributed by atoms with van der Waals surface area (Å²) in [5, 5.41) is 17.9. The number of aliphatic hydroxyl groups is 1. The van der Waals surface area contributed by atoms with Gasteiger partial charge in [0.15, 0.2) is 15.8 Å². The second-order valence-electron chi connectivity index (χ2n) is 7.00. The van der Waals surface area contributed by atoms with Crippen molar-refractivity contribution in [2.24, 2.45) is 4.99 Å². The molecule has 0 spiro atoms. The number of rotatable bonds is 8. The molecule has 2 atom stereocenters. The van der Waals surface area contributed by atoms with Crippen molar-refractivity contribution in [3.8, 4) is 0 Å². The average Bonchev–Trinajstić information content (AvgIpc) is 3.20. The maximum Gasteiger partial charge on any atom is 0.191 e. The molecule has 2 aromatic carbocycles. The topological polar surface area (TPSA) is 90.8 Å². The van der Waals surface area contributed by atoms with Crippen LogP contribution < -0.4 is 10.6 Å². The highest BCUT2D eigenvalue weighted by molar-refractivity contribution is 14.0. The molecule has 0 radical (unpaired) electrons. The minimum absolute atomic E-state index is 0. The number of hydrogen-bond donors (Lipinski definition) is 3. The Morgan fingerprint density at radius 3 is 2.45 bits per heavy atom. The van der Waals surface area contributed by atoms with Crippen molar-refractivity contribution in [2.45, 2.75) is 30.4 Å². The van der Waals surface area contributed by atoms with E-state index in [2.05, 4.69) is 15.6 Å². The standard InChI is InChI=1S/C22H27N3O3S2.HI/c1-3-17(15-30(27,28)18-10-5-4-6-11-18)25-22(23-2)24-14-19(26)21-13-16-9-7-8-12-20(16)29-21;/h4-13,17,19,26H,3,14-15H2,1-2H3,(H2,23,24,25);1H. The first-order valence-electron chi connectivity index (χ1n) is 9.84. The van der Waals surface area contributed by atoms with Crippen LogP contribution in [0.25, 0.3) is 10.1 Å². The van der Waals surface area contributed by atoms with Gasteiger partial charge in [-0.2, -0.15) is 0 Å². The van der Waals surface area contributed by atoms with E-state index < -0.39 is 15.9 Å². The molecular formula is C22H28IN3O3S2. The maximum absolute atomic E-state index is 12.7. The number of thiophene rings is 1. The van der Waals surface area contributed by atoms with Crippen LogP contribution in [0.15, 0.2) is 70.6 Å². The first-order valence-corrected chi connectivity index (χ1v) is 12.3. The van der Waals surface area contributed by atoms with E-state index in [0.717, 1.165) is 15.0 Å². The fraction of sp³-hybridized carbons (Fsp3) is 0.318. The van der Waals surface area contributed by atoms with Crippen LogP contribution in [0.2, 0.25) is 0 Å². The van der Waals surface area contributed by atoms with Crippen molar-refractivity contribution in [1.29, 1.82) is 0 Å². The lowest BCUT2D eigenvalue weighted by Gasteiger charge is -2.21. The second-order valence-corrected chi connectivity index (χ2v) is 10.1. The fourth-order valence-electron chi connectivity index (χ4n) is 3.10. The van der Waals surface area contributed by atoms with Gasteiger partial charge in [0.25, 0.3) is 0 Å². The normalized spacial score (nSPS) is 14.0. The molecule has 0 aliphatic heterocycles. The van der Waals surface area contributed by atoms with Crippen molar-refractivity contribution >= 4 is 61.2 Å². The molecule has 0 saturated carbocycles. The Hall–Kier alpha value is -1.69. The molecule has 1 aromatic heterocycles. The molecule has 2 unspecified atom stereocenters. The first kappa shape index (κ1) is 25.6. The quantitative estimate of drug-likeness (QED) is 0.216. The molecule has 3 aromatic rings. The third-order valence-corrected chi connectivity index (χ3v) is 7.86. The van der Waals surface area contributed by atoms with E-state index in [-0.39, 0.29) is 42.3 Å². The lowest BCUT2D eigenvalue weighted by molar-refractivity contribution is 0.184. The summed E-state index contributed by atoms with van der Waals surface area (Å²) in [6, 6.07) is 18.1. The van der Waals surface area contributed by atoms with Crippen molar-refractivity contribution in [3.05, 3.63) is 65.5 Å². The summed E-state index contributed by atoms with van der Waals surface area (Å²) < 4.78 is 26.5. The van der Waals surface area contributed by atoms with Gasteiger partial charge in [-0.15, -0.1) is 35.3 Å². The molecule has 1 heterocycles. The van der Waals surface area contributed by atoms with Gasteiger partial charge in [-0.25, -0.2) is 8.42 Å². The zero-order valence-corrected chi connectivity index (χ0v) is 21.4. The maximum atomic E-state index is 12.7. The number of benzene rings is 2. The highest BCUT2D eigenvalue weighted by atomic mass is 127. The number of aliphatic imine (C=N–C) groups is 1. The number of guanidine groups is 1. The highest BCUT2D eigenvalue weighted by Gasteiger charge is 2.21. The molecule has 6 nitrogen and oxygen atoms in total. The molecule has 3 rings (SSSR count). The number of halogens is 1. The molecule has 0 saturated heterocycles. The zero-order valence-electron chi connectivity index (χ0n) is 17.5. The van der Waals surface area contributed by atoms with E-state index in [1.54, 1.807) is 48.7 Å². The molecule has 0 aliphatic rings. The summed E-state index contributed by atoms with van der Waals surface area (Å²) in [7, 11) is -1.78. The van der Waals surface area contributed by atoms with Crippen LogP contribution in [0, 0.1) is 0 Å². The molecule has 9 heteroatoms. The summed E-state index contributed by atoms with van der Waals surface area (Å²) in [4.78, 5) is 5.37. The van der Waals surface area contributed by atoms with E-state index >= 15 is 0 Å². The van der Waals surface area contributed by atoms with Gasteiger partial charge in [0.05, 0.1) is 10.6 Å². The van der Waals surface area contributed by atoms with Crippen LogP contribution >= 0.6 is 35.3 Å². The van der Waals surface area contributed by atoms with Gasteiger partial charge >= 0.3 is 0 Å². The Balaban J connectivity index is 0.00000341. The van der Waals surface area contributed by atoms with Crippen molar-refractivity contribution < 1.29 is 13.5 Å². The van der Waals surface area contributed by atoms with E-state index in [0.29, 0.717) is 17.3 Å². The molecule has 0 aliphatic carbocycles. The number of fused-ring (bicyclic) bond motifs is 1. The fourth-order valence-corrected chi connectivity index (χ4v) is 5.76. The number of sulfone groups is 1. The number of hydrogen-bond acceptors (Lipinski definition) is 5. The van der Waals surface area contributed by atoms with E-state index in [1.165, 1.54) is 0 Å². The van der Waals surface area contributed by atoms with Crippen LogP contribution in [0.3, 0.4) is 0 Å². The Labute approximate surface area is 204 Å². The average molecular weight is 574 g/mol. The third-order valence-electron chi connectivity index (χ3n) is 4.82. The van der Waals surface area contributed by atoms with Gasteiger partial charge in [0, 0.05) is 29.2 Å². The Morgan fingerprint density at radius 1 is 1.13 bits per heavy atom.